The van der Waals surface area contributed by atoms with Crippen molar-refractivity contribution in [2.75, 3.05) is 5.73 Å². The smallest absolute Gasteiger partial charge is 0.195 e. The van der Waals surface area contributed by atoms with Crippen LogP contribution in [0.2, 0.25) is 5.02 Å². The highest BCUT2D eigenvalue weighted by molar-refractivity contribution is 6.33. The summed E-state index contributed by atoms with van der Waals surface area (Å²) in [5.74, 6) is 0.747. The number of fused-ring (bicyclic) bond motifs is 1. The number of benzene rings is 1. The van der Waals surface area contributed by atoms with E-state index < -0.39 is 0 Å². The molecule has 0 aliphatic heterocycles. The molecule has 0 radical (unpaired) electrons. The number of aryl methyl sites for hydroxylation is 1. The Labute approximate surface area is 106 Å². The number of nitrogens with zero attached hydrogens (tertiary/aromatic N) is 1. The van der Waals surface area contributed by atoms with Crippen LogP contribution in [0.3, 0.4) is 0 Å². The van der Waals surface area contributed by atoms with Gasteiger partial charge in [-0.05, 0) is 17.9 Å². The lowest BCUT2D eigenvalue weighted by Crippen LogP contribution is -2.06. The van der Waals surface area contributed by atoms with E-state index in [1.807, 2.05) is 0 Å². The van der Waals surface area contributed by atoms with Gasteiger partial charge in [-0.25, -0.2) is 4.98 Å². The summed E-state index contributed by atoms with van der Waals surface area (Å²) in [5.41, 5.74) is 8.00. The van der Waals surface area contributed by atoms with Crippen LogP contribution in [0.25, 0.3) is 11.1 Å². The SMILES string of the molecule is CC(C)(C)CCc1nc2cc(Cl)c(N)cc2o1. The van der Waals surface area contributed by atoms with Crippen molar-refractivity contribution in [1.82, 2.24) is 4.98 Å². The van der Waals surface area contributed by atoms with Crippen molar-refractivity contribution in [2.24, 2.45) is 5.41 Å². The fourth-order valence-corrected chi connectivity index (χ4v) is 1.76. The molecule has 0 spiro atoms. The Balaban J connectivity index is 2.26. The fourth-order valence-electron chi connectivity index (χ4n) is 1.60. The Morgan fingerprint density at radius 2 is 2.06 bits per heavy atom. The van der Waals surface area contributed by atoms with Crippen molar-refractivity contribution >= 4 is 28.4 Å². The molecule has 0 aliphatic carbocycles. The minimum Gasteiger partial charge on any atom is -0.441 e. The Morgan fingerprint density at radius 3 is 2.71 bits per heavy atom. The van der Waals surface area contributed by atoms with Gasteiger partial charge < -0.3 is 10.2 Å². The van der Waals surface area contributed by atoms with Crippen LogP contribution in [0.1, 0.15) is 33.1 Å². The number of rotatable bonds is 2. The average molecular weight is 253 g/mol. The number of hydrogen-bond donors (Lipinski definition) is 1. The number of halogens is 1. The first-order valence-electron chi connectivity index (χ1n) is 5.69. The van der Waals surface area contributed by atoms with E-state index in [4.69, 9.17) is 21.8 Å². The van der Waals surface area contributed by atoms with E-state index in [1.54, 1.807) is 12.1 Å². The van der Waals surface area contributed by atoms with Gasteiger partial charge in [0.2, 0.25) is 0 Å². The standard InChI is InChI=1S/C13H17ClN2O/c1-13(2,3)5-4-12-16-10-6-8(14)9(15)7-11(10)17-12/h6-7H,4-5,15H2,1-3H3. The zero-order chi connectivity index (χ0) is 12.6. The van der Waals surface area contributed by atoms with Crippen LogP contribution in [0.15, 0.2) is 16.5 Å². The quantitative estimate of drug-likeness (QED) is 0.821. The van der Waals surface area contributed by atoms with E-state index in [-0.39, 0.29) is 5.41 Å². The lowest BCUT2D eigenvalue weighted by atomic mass is 9.91. The van der Waals surface area contributed by atoms with Gasteiger partial charge in [0.1, 0.15) is 5.52 Å². The molecule has 1 aromatic carbocycles. The number of nitrogens with two attached hydrogens (primary N) is 1. The van der Waals surface area contributed by atoms with E-state index in [9.17, 15) is 0 Å². The summed E-state index contributed by atoms with van der Waals surface area (Å²) in [6.45, 7) is 6.60. The van der Waals surface area contributed by atoms with E-state index in [2.05, 4.69) is 25.8 Å². The van der Waals surface area contributed by atoms with Crippen LogP contribution < -0.4 is 5.73 Å². The molecule has 1 aromatic heterocycles. The monoisotopic (exact) mass is 252 g/mol. The molecule has 17 heavy (non-hydrogen) atoms. The minimum atomic E-state index is 0.275. The first kappa shape index (κ1) is 12.2. The number of aromatic nitrogens is 1. The van der Waals surface area contributed by atoms with Crippen LogP contribution in [0.4, 0.5) is 5.69 Å². The molecule has 92 valence electrons. The molecule has 0 saturated heterocycles. The molecule has 0 fully saturated rings. The molecule has 2 aromatic rings. The maximum absolute atomic E-state index is 5.94. The average Bonchev–Trinajstić information content (AvgIpc) is 2.57. The molecule has 0 unspecified atom stereocenters. The van der Waals surface area contributed by atoms with Gasteiger partial charge in [-0.1, -0.05) is 32.4 Å². The molecule has 0 aliphatic rings. The first-order chi connectivity index (χ1) is 7.85. The number of anilines is 1. The molecule has 0 amide bonds. The Kier molecular flexibility index (Phi) is 3.04. The Bertz CT molecular complexity index is 501. The summed E-state index contributed by atoms with van der Waals surface area (Å²) >= 11 is 5.94. The Hall–Kier alpha value is -1.22. The predicted octanol–water partition coefficient (Wildman–Crippen LogP) is 4.04. The molecule has 2 N–H and O–H groups in total. The zero-order valence-electron chi connectivity index (χ0n) is 10.4. The lowest BCUT2D eigenvalue weighted by molar-refractivity contribution is 0.358. The van der Waals surface area contributed by atoms with Crippen LogP contribution in [-0.2, 0) is 6.42 Å². The lowest BCUT2D eigenvalue weighted by Gasteiger charge is -2.15. The highest BCUT2D eigenvalue weighted by atomic mass is 35.5. The number of oxazole rings is 1. The molecular weight excluding hydrogens is 236 g/mol. The molecular formula is C13H17ClN2O. The maximum Gasteiger partial charge on any atom is 0.195 e. The van der Waals surface area contributed by atoms with Gasteiger partial charge in [-0.2, -0.15) is 0 Å². The normalized spacial score (nSPS) is 12.2. The third kappa shape index (κ3) is 2.91. The highest BCUT2D eigenvalue weighted by Crippen LogP contribution is 2.28. The third-order valence-corrected chi connectivity index (χ3v) is 2.97. The molecule has 0 atom stereocenters. The summed E-state index contributed by atoms with van der Waals surface area (Å²) in [6, 6.07) is 3.47. The van der Waals surface area contributed by atoms with Crippen molar-refractivity contribution in [3.63, 3.8) is 0 Å². The second kappa shape index (κ2) is 4.22. The van der Waals surface area contributed by atoms with Gasteiger partial charge in [0.15, 0.2) is 11.5 Å². The molecule has 0 saturated carbocycles. The van der Waals surface area contributed by atoms with Gasteiger partial charge in [0, 0.05) is 12.5 Å². The molecule has 3 nitrogen and oxygen atoms in total. The summed E-state index contributed by atoms with van der Waals surface area (Å²) in [7, 11) is 0. The summed E-state index contributed by atoms with van der Waals surface area (Å²) in [6.07, 6.45) is 1.86. The zero-order valence-corrected chi connectivity index (χ0v) is 11.1. The van der Waals surface area contributed by atoms with E-state index in [0.29, 0.717) is 16.3 Å². The van der Waals surface area contributed by atoms with Crippen LogP contribution >= 0.6 is 11.6 Å². The Morgan fingerprint density at radius 1 is 1.35 bits per heavy atom. The van der Waals surface area contributed by atoms with Crippen molar-refractivity contribution in [3.05, 3.63) is 23.0 Å². The van der Waals surface area contributed by atoms with Crippen molar-refractivity contribution in [3.8, 4) is 0 Å². The van der Waals surface area contributed by atoms with Crippen molar-refractivity contribution in [1.29, 1.82) is 0 Å². The molecule has 2 rings (SSSR count). The highest BCUT2D eigenvalue weighted by Gasteiger charge is 2.14. The van der Waals surface area contributed by atoms with Crippen LogP contribution in [0, 0.1) is 5.41 Å². The first-order valence-corrected chi connectivity index (χ1v) is 6.07. The van der Waals surface area contributed by atoms with E-state index >= 15 is 0 Å². The van der Waals surface area contributed by atoms with E-state index in [0.717, 1.165) is 24.2 Å². The van der Waals surface area contributed by atoms with Gasteiger partial charge >= 0.3 is 0 Å². The van der Waals surface area contributed by atoms with Crippen molar-refractivity contribution < 1.29 is 4.42 Å². The van der Waals surface area contributed by atoms with E-state index in [1.165, 1.54) is 0 Å². The molecule has 0 bridgehead atoms. The summed E-state index contributed by atoms with van der Waals surface area (Å²) in [5, 5.41) is 0.521. The fraction of sp³-hybridized carbons (Fsp3) is 0.462. The largest absolute Gasteiger partial charge is 0.441 e. The van der Waals surface area contributed by atoms with Crippen molar-refractivity contribution in [2.45, 2.75) is 33.6 Å². The predicted molar refractivity (Wildman–Crippen MR) is 71.2 cm³/mol. The van der Waals surface area contributed by atoms with Crippen LogP contribution in [0.5, 0.6) is 0 Å². The number of hydrogen-bond acceptors (Lipinski definition) is 3. The van der Waals surface area contributed by atoms with Gasteiger partial charge in [0.05, 0.1) is 10.7 Å². The minimum absolute atomic E-state index is 0.275. The second-order valence-corrected chi connectivity index (χ2v) is 5.92. The topological polar surface area (TPSA) is 52.0 Å². The second-order valence-electron chi connectivity index (χ2n) is 5.51. The van der Waals surface area contributed by atoms with Gasteiger partial charge in [0.25, 0.3) is 0 Å². The third-order valence-electron chi connectivity index (χ3n) is 2.64. The van der Waals surface area contributed by atoms with Gasteiger partial charge in [-0.15, -0.1) is 0 Å². The van der Waals surface area contributed by atoms with Gasteiger partial charge in [-0.3, -0.25) is 0 Å². The van der Waals surface area contributed by atoms with Crippen LogP contribution in [-0.4, -0.2) is 4.98 Å². The molecule has 1 heterocycles. The molecule has 4 heteroatoms. The summed E-state index contributed by atoms with van der Waals surface area (Å²) < 4.78 is 5.65. The summed E-state index contributed by atoms with van der Waals surface area (Å²) in [4.78, 5) is 4.41. The maximum atomic E-state index is 5.94. The number of nitrogen functional groups attached to an aromatic ring is 1.